The van der Waals surface area contributed by atoms with Crippen LogP contribution >= 0.6 is 0 Å². The molecule has 0 fully saturated rings. The molecular weight excluding hydrogens is 198 g/mol. The maximum absolute atomic E-state index is 11.1. The van der Waals surface area contributed by atoms with Gasteiger partial charge in [-0.1, -0.05) is 0 Å². The highest BCUT2D eigenvalue weighted by atomic mass is 16.6. The van der Waals surface area contributed by atoms with E-state index < -0.39 is 0 Å². The Kier molecular flexibility index (Phi) is 7.62. The van der Waals surface area contributed by atoms with E-state index in [1.54, 1.807) is 0 Å². The summed E-state index contributed by atoms with van der Waals surface area (Å²) in [5, 5.41) is 2.69. The summed E-state index contributed by atoms with van der Waals surface area (Å²) < 4.78 is 9.51. The molecule has 0 saturated carbocycles. The van der Waals surface area contributed by atoms with Gasteiger partial charge >= 0.3 is 5.97 Å². The van der Waals surface area contributed by atoms with Crippen molar-refractivity contribution in [3.63, 3.8) is 0 Å². The smallest absolute Gasteiger partial charge is 0.306 e. The quantitative estimate of drug-likeness (QED) is 0.497. The number of carbonyl (C=O) groups is 2. The van der Waals surface area contributed by atoms with E-state index >= 15 is 0 Å². The minimum absolute atomic E-state index is 0.0991. The van der Waals surface area contributed by atoms with E-state index in [4.69, 9.17) is 9.47 Å². The number of carbonyl (C=O) groups excluding carboxylic acids is 2. The van der Waals surface area contributed by atoms with Crippen molar-refractivity contribution in [2.45, 2.75) is 32.7 Å². The molecule has 0 aromatic rings. The molecule has 0 unspecified atom stereocenters. The molecule has 1 N–H and O–H groups in total. The topological polar surface area (TPSA) is 64.6 Å². The van der Waals surface area contributed by atoms with E-state index in [-0.39, 0.29) is 37.4 Å². The molecule has 0 aliphatic rings. The highest BCUT2D eigenvalue weighted by molar-refractivity contribution is 5.81. The van der Waals surface area contributed by atoms with Crippen LogP contribution in [0.2, 0.25) is 0 Å². The predicted molar refractivity (Wildman–Crippen MR) is 55.3 cm³/mol. The number of hydrogen-bond donors (Lipinski definition) is 1. The third-order valence-electron chi connectivity index (χ3n) is 1.56. The summed E-state index contributed by atoms with van der Waals surface area (Å²) >= 11 is 0. The van der Waals surface area contributed by atoms with Gasteiger partial charge < -0.3 is 14.8 Å². The normalized spacial score (nSPS) is 10.1. The fourth-order valence-electron chi connectivity index (χ4n) is 0.921. The number of hydrogen-bond acceptors (Lipinski definition) is 4. The second-order valence-corrected chi connectivity index (χ2v) is 3.44. The summed E-state index contributed by atoms with van der Waals surface area (Å²) in [7, 11) is 1.53. The number of nitrogens with one attached hydrogen (secondary N) is 1. The number of rotatable bonds is 7. The largest absolute Gasteiger partial charge is 0.463 e. The highest BCUT2D eigenvalue weighted by Crippen LogP contribution is 1.94. The lowest BCUT2D eigenvalue weighted by molar-refractivity contribution is -0.146. The van der Waals surface area contributed by atoms with Crippen LogP contribution in [0.1, 0.15) is 26.7 Å². The molecule has 1 amide bonds. The summed E-state index contributed by atoms with van der Waals surface area (Å²) in [4.78, 5) is 22.2. The van der Waals surface area contributed by atoms with Gasteiger partial charge in [0, 0.05) is 19.6 Å². The van der Waals surface area contributed by atoms with Gasteiger partial charge in [0.1, 0.15) is 6.61 Å². The van der Waals surface area contributed by atoms with Crippen LogP contribution in [0.5, 0.6) is 0 Å². The Morgan fingerprint density at radius 3 is 2.40 bits per heavy atom. The van der Waals surface area contributed by atoms with Crippen molar-refractivity contribution in [2.24, 2.45) is 0 Å². The van der Waals surface area contributed by atoms with Gasteiger partial charge in [-0.05, 0) is 13.8 Å². The minimum Gasteiger partial charge on any atom is -0.463 e. The standard InChI is InChI=1S/C10H19NO4/c1-8(2)11-9(12)4-5-10(13)15-7-6-14-3/h8H,4-7H2,1-3H3,(H,11,12). The van der Waals surface area contributed by atoms with E-state index in [0.29, 0.717) is 6.61 Å². The van der Waals surface area contributed by atoms with Crippen LogP contribution in [0, 0.1) is 0 Å². The highest BCUT2D eigenvalue weighted by Gasteiger charge is 2.08. The van der Waals surface area contributed by atoms with Gasteiger partial charge in [-0.2, -0.15) is 0 Å². The first-order chi connectivity index (χ1) is 7.06. The zero-order chi connectivity index (χ0) is 11.7. The fraction of sp³-hybridized carbons (Fsp3) is 0.800. The monoisotopic (exact) mass is 217 g/mol. The molecule has 0 aliphatic carbocycles. The van der Waals surface area contributed by atoms with E-state index in [0.717, 1.165) is 0 Å². The summed E-state index contributed by atoms with van der Waals surface area (Å²) in [5.41, 5.74) is 0. The van der Waals surface area contributed by atoms with Gasteiger partial charge in [0.15, 0.2) is 0 Å². The summed E-state index contributed by atoms with van der Waals surface area (Å²) in [6.07, 6.45) is 0.284. The molecule has 5 nitrogen and oxygen atoms in total. The van der Waals surface area contributed by atoms with E-state index in [9.17, 15) is 9.59 Å². The zero-order valence-electron chi connectivity index (χ0n) is 9.54. The third-order valence-corrected chi connectivity index (χ3v) is 1.56. The number of esters is 1. The van der Waals surface area contributed by atoms with Gasteiger partial charge in [0.2, 0.25) is 5.91 Å². The maximum atomic E-state index is 11.1. The predicted octanol–water partition coefficient (Wildman–Crippen LogP) is 0.481. The molecule has 0 radical (unpaired) electrons. The van der Waals surface area contributed by atoms with Crippen molar-refractivity contribution < 1.29 is 19.1 Å². The van der Waals surface area contributed by atoms with Crippen LogP contribution in [0.4, 0.5) is 0 Å². The molecule has 0 bridgehead atoms. The molecule has 0 rings (SSSR count). The second-order valence-electron chi connectivity index (χ2n) is 3.44. The van der Waals surface area contributed by atoms with Crippen LogP contribution in [0.15, 0.2) is 0 Å². The Morgan fingerprint density at radius 2 is 1.87 bits per heavy atom. The van der Waals surface area contributed by atoms with Crippen molar-refractivity contribution >= 4 is 11.9 Å². The van der Waals surface area contributed by atoms with Gasteiger partial charge in [-0.25, -0.2) is 0 Å². The Labute approximate surface area is 90.1 Å². The fourth-order valence-corrected chi connectivity index (χ4v) is 0.921. The summed E-state index contributed by atoms with van der Waals surface area (Å²) in [5.74, 6) is -0.500. The Bertz CT molecular complexity index is 204. The SMILES string of the molecule is COCCOC(=O)CCC(=O)NC(C)C. The van der Waals surface area contributed by atoms with Crippen LogP contribution in [-0.4, -0.2) is 38.2 Å². The molecule has 0 saturated heterocycles. The number of methoxy groups -OCH3 is 1. The van der Waals surface area contributed by atoms with E-state index in [2.05, 4.69) is 5.32 Å². The molecule has 0 aromatic heterocycles. The van der Waals surface area contributed by atoms with Crippen LogP contribution < -0.4 is 5.32 Å². The first-order valence-corrected chi connectivity index (χ1v) is 5.00. The Morgan fingerprint density at radius 1 is 1.20 bits per heavy atom. The third kappa shape index (κ3) is 9.21. The van der Waals surface area contributed by atoms with Gasteiger partial charge in [-0.15, -0.1) is 0 Å². The minimum atomic E-state index is -0.369. The van der Waals surface area contributed by atoms with Crippen molar-refractivity contribution in [1.29, 1.82) is 0 Å². The van der Waals surface area contributed by atoms with Crippen molar-refractivity contribution in [1.82, 2.24) is 5.32 Å². The molecule has 15 heavy (non-hydrogen) atoms. The lowest BCUT2D eigenvalue weighted by Crippen LogP contribution is -2.30. The maximum Gasteiger partial charge on any atom is 0.306 e. The first kappa shape index (κ1) is 13.9. The van der Waals surface area contributed by atoms with Gasteiger partial charge in [-0.3, -0.25) is 9.59 Å². The molecule has 0 spiro atoms. The van der Waals surface area contributed by atoms with Crippen LogP contribution in [0.25, 0.3) is 0 Å². The average molecular weight is 217 g/mol. The molecule has 0 aromatic carbocycles. The Hall–Kier alpha value is -1.10. The summed E-state index contributed by atoms with van der Waals surface area (Å²) in [6, 6.07) is 0.0991. The molecule has 5 heteroatoms. The van der Waals surface area contributed by atoms with Crippen molar-refractivity contribution in [3.8, 4) is 0 Å². The van der Waals surface area contributed by atoms with Crippen molar-refractivity contribution in [3.05, 3.63) is 0 Å². The first-order valence-electron chi connectivity index (χ1n) is 5.00. The van der Waals surface area contributed by atoms with Crippen LogP contribution in [-0.2, 0) is 19.1 Å². The number of ether oxygens (including phenoxy) is 2. The molecule has 0 atom stereocenters. The zero-order valence-corrected chi connectivity index (χ0v) is 9.54. The van der Waals surface area contributed by atoms with Gasteiger partial charge in [0.05, 0.1) is 13.0 Å². The molecular formula is C10H19NO4. The number of amides is 1. The second kappa shape index (κ2) is 8.23. The Balaban J connectivity index is 3.49. The van der Waals surface area contributed by atoms with E-state index in [1.165, 1.54) is 7.11 Å². The van der Waals surface area contributed by atoms with Crippen molar-refractivity contribution in [2.75, 3.05) is 20.3 Å². The average Bonchev–Trinajstić information content (AvgIpc) is 2.14. The van der Waals surface area contributed by atoms with Gasteiger partial charge in [0.25, 0.3) is 0 Å². The molecule has 88 valence electrons. The molecule has 0 aliphatic heterocycles. The lowest BCUT2D eigenvalue weighted by Gasteiger charge is -2.07. The lowest BCUT2D eigenvalue weighted by atomic mass is 10.3. The summed E-state index contributed by atoms with van der Waals surface area (Å²) in [6.45, 7) is 4.36. The molecule has 0 heterocycles. The van der Waals surface area contributed by atoms with Crippen LogP contribution in [0.3, 0.4) is 0 Å². The van der Waals surface area contributed by atoms with E-state index in [1.807, 2.05) is 13.8 Å².